The van der Waals surface area contributed by atoms with Crippen molar-refractivity contribution in [3.05, 3.63) is 87.4 Å². The van der Waals surface area contributed by atoms with Gasteiger partial charge in [0.1, 0.15) is 11.8 Å². The number of hydrogen-bond acceptors (Lipinski definition) is 5. The highest BCUT2D eigenvalue weighted by molar-refractivity contribution is 7.07. The number of aromatic nitrogens is 1. The van der Waals surface area contributed by atoms with E-state index in [1.807, 2.05) is 47.2 Å². The van der Waals surface area contributed by atoms with E-state index in [9.17, 15) is 9.90 Å². The summed E-state index contributed by atoms with van der Waals surface area (Å²) in [5.74, 6) is -0.277. The number of carbonyl (C=O) groups excluding carboxylic acids is 1. The number of amides is 1. The molecule has 1 atom stereocenters. The summed E-state index contributed by atoms with van der Waals surface area (Å²) in [7, 11) is 0. The van der Waals surface area contributed by atoms with Gasteiger partial charge in [0.2, 0.25) is 0 Å². The van der Waals surface area contributed by atoms with Crippen molar-refractivity contribution >= 4 is 17.2 Å². The highest BCUT2D eigenvalue weighted by Gasteiger charge is 2.22. The molecule has 0 aliphatic heterocycles. The van der Waals surface area contributed by atoms with E-state index in [1.54, 1.807) is 24.0 Å². The minimum absolute atomic E-state index is 0.158. The van der Waals surface area contributed by atoms with Gasteiger partial charge in [-0.25, -0.2) is 4.98 Å². The first-order chi connectivity index (χ1) is 13.1. The van der Waals surface area contributed by atoms with Gasteiger partial charge < -0.3 is 10.0 Å². The highest BCUT2D eigenvalue weighted by Crippen LogP contribution is 2.20. The van der Waals surface area contributed by atoms with E-state index >= 15 is 0 Å². The lowest BCUT2D eigenvalue weighted by molar-refractivity contribution is 0.0598. The molecular formula is C21H19N3O2S. The molecule has 3 aromatic rings. The van der Waals surface area contributed by atoms with Gasteiger partial charge in [0.25, 0.3) is 5.91 Å². The second-order valence-electron chi connectivity index (χ2n) is 6.19. The number of aryl methyl sites for hydroxylation is 1. The van der Waals surface area contributed by atoms with Gasteiger partial charge in [0.05, 0.1) is 23.9 Å². The van der Waals surface area contributed by atoms with E-state index in [4.69, 9.17) is 5.26 Å². The number of aliphatic hydroxyl groups excluding tert-OH is 1. The van der Waals surface area contributed by atoms with Crippen molar-refractivity contribution in [2.45, 2.75) is 19.6 Å². The Morgan fingerprint density at radius 3 is 2.67 bits per heavy atom. The maximum atomic E-state index is 13.1. The third-order valence-electron chi connectivity index (χ3n) is 4.25. The van der Waals surface area contributed by atoms with Crippen LogP contribution < -0.4 is 0 Å². The highest BCUT2D eigenvalue weighted by atomic mass is 32.1. The second kappa shape index (κ2) is 8.58. The topological polar surface area (TPSA) is 77.2 Å². The van der Waals surface area contributed by atoms with E-state index in [0.717, 1.165) is 11.1 Å². The third kappa shape index (κ3) is 4.59. The maximum Gasteiger partial charge on any atom is 0.272 e. The summed E-state index contributed by atoms with van der Waals surface area (Å²) >= 11 is 1.50. The van der Waals surface area contributed by atoms with Gasteiger partial charge in [-0.15, -0.1) is 0 Å². The van der Waals surface area contributed by atoms with Crippen molar-refractivity contribution in [1.82, 2.24) is 9.88 Å². The standard InChI is InChI=1S/C21H19N3O2S/c1-15-17(11-22)7-8-19(23-15)21(26)24(12-16-5-3-2-4-6-16)13-20(25)18-9-10-27-14-18/h2-10,14,20,25H,12-13H2,1H3/t20-/m1/s1. The molecule has 0 radical (unpaired) electrons. The molecule has 1 N–H and O–H groups in total. The smallest absolute Gasteiger partial charge is 0.272 e. The number of pyridine rings is 1. The maximum absolute atomic E-state index is 13.1. The summed E-state index contributed by atoms with van der Waals surface area (Å²) in [5, 5.41) is 23.4. The predicted molar refractivity (Wildman–Crippen MR) is 104 cm³/mol. The van der Waals surface area contributed by atoms with Gasteiger partial charge in [-0.2, -0.15) is 16.6 Å². The second-order valence-corrected chi connectivity index (χ2v) is 6.97. The van der Waals surface area contributed by atoms with Crippen LogP contribution in [0.3, 0.4) is 0 Å². The third-order valence-corrected chi connectivity index (χ3v) is 4.95. The Labute approximate surface area is 162 Å². The molecule has 5 nitrogen and oxygen atoms in total. The lowest BCUT2D eigenvalue weighted by Crippen LogP contribution is -2.35. The number of hydrogen-bond donors (Lipinski definition) is 1. The van der Waals surface area contributed by atoms with Crippen molar-refractivity contribution in [2.75, 3.05) is 6.54 Å². The van der Waals surface area contributed by atoms with Gasteiger partial charge >= 0.3 is 0 Å². The molecule has 27 heavy (non-hydrogen) atoms. The summed E-state index contributed by atoms with van der Waals surface area (Å²) < 4.78 is 0. The van der Waals surface area contributed by atoms with E-state index in [2.05, 4.69) is 11.1 Å². The van der Waals surface area contributed by atoms with Crippen LogP contribution in [0.2, 0.25) is 0 Å². The summed E-state index contributed by atoms with van der Waals surface area (Å²) in [5.41, 5.74) is 2.98. The molecule has 6 heteroatoms. The van der Waals surface area contributed by atoms with Crippen molar-refractivity contribution in [3.63, 3.8) is 0 Å². The number of aliphatic hydroxyl groups is 1. The number of thiophene rings is 1. The Morgan fingerprint density at radius 2 is 2.04 bits per heavy atom. The van der Waals surface area contributed by atoms with Crippen molar-refractivity contribution < 1.29 is 9.90 Å². The van der Waals surface area contributed by atoms with Crippen LogP contribution in [0.1, 0.15) is 39.0 Å². The summed E-state index contributed by atoms with van der Waals surface area (Å²) in [4.78, 5) is 19.0. The molecule has 136 valence electrons. The van der Waals surface area contributed by atoms with Gasteiger partial charge in [-0.1, -0.05) is 30.3 Å². The minimum atomic E-state index is -0.775. The van der Waals surface area contributed by atoms with Crippen LogP contribution in [0, 0.1) is 18.3 Å². The van der Waals surface area contributed by atoms with Crippen LogP contribution in [0.25, 0.3) is 0 Å². The Hall–Kier alpha value is -3.01. The molecule has 0 saturated carbocycles. The minimum Gasteiger partial charge on any atom is -0.387 e. The van der Waals surface area contributed by atoms with Crippen LogP contribution in [0.4, 0.5) is 0 Å². The summed E-state index contributed by atoms with van der Waals surface area (Å²) in [6.07, 6.45) is -0.775. The summed E-state index contributed by atoms with van der Waals surface area (Å²) in [6.45, 7) is 2.23. The Bertz CT molecular complexity index is 949. The Balaban J connectivity index is 1.87. The average molecular weight is 377 g/mol. The van der Waals surface area contributed by atoms with Gasteiger partial charge in [-0.3, -0.25) is 4.79 Å². The fourth-order valence-corrected chi connectivity index (χ4v) is 3.47. The SMILES string of the molecule is Cc1nc(C(=O)N(Cc2ccccc2)C[C@@H](O)c2ccsc2)ccc1C#N. The molecule has 0 spiro atoms. The molecular weight excluding hydrogens is 358 g/mol. The van der Waals surface area contributed by atoms with Gasteiger partial charge in [0, 0.05) is 6.54 Å². The molecule has 1 amide bonds. The number of rotatable bonds is 6. The zero-order chi connectivity index (χ0) is 19.2. The monoisotopic (exact) mass is 377 g/mol. The molecule has 0 aliphatic rings. The molecule has 0 unspecified atom stereocenters. The summed E-state index contributed by atoms with van der Waals surface area (Å²) in [6, 6.07) is 16.7. The normalized spacial score (nSPS) is 11.6. The van der Waals surface area contributed by atoms with Crippen LogP contribution in [-0.4, -0.2) is 27.4 Å². The van der Waals surface area contributed by atoms with Crippen molar-refractivity contribution in [1.29, 1.82) is 5.26 Å². The van der Waals surface area contributed by atoms with Crippen LogP contribution in [0.15, 0.2) is 59.3 Å². The van der Waals surface area contributed by atoms with E-state index < -0.39 is 6.10 Å². The first-order valence-electron chi connectivity index (χ1n) is 8.49. The molecule has 2 aromatic heterocycles. The number of nitrogens with zero attached hydrogens (tertiary/aromatic N) is 3. The van der Waals surface area contributed by atoms with Gasteiger partial charge in [-0.05, 0) is 47.0 Å². The number of benzene rings is 1. The van der Waals surface area contributed by atoms with E-state index in [1.165, 1.54) is 11.3 Å². The van der Waals surface area contributed by atoms with Crippen LogP contribution in [0.5, 0.6) is 0 Å². The van der Waals surface area contributed by atoms with Crippen molar-refractivity contribution in [2.24, 2.45) is 0 Å². The van der Waals surface area contributed by atoms with Crippen LogP contribution in [-0.2, 0) is 6.54 Å². The zero-order valence-electron chi connectivity index (χ0n) is 14.9. The lowest BCUT2D eigenvalue weighted by Gasteiger charge is -2.25. The van der Waals surface area contributed by atoms with E-state index in [0.29, 0.717) is 17.8 Å². The molecule has 0 fully saturated rings. The zero-order valence-corrected chi connectivity index (χ0v) is 15.7. The van der Waals surface area contributed by atoms with Crippen molar-refractivity contribution in [3.8, 4) is 6.07 Å². The number of nitriles is 1. The molecule has 0 aliphatic carbocycles. The fraction of sp³-hybridized carbons (Fsp3) is 0.190. The molecule has 0 saturated heterocycles. The Kier molecular flexibility index (Phi) is 5.97. The fourth-order valence-electron chi connectivity index (χ4n) is 2.76. The first-order valence-corrected chi connectivity index (χ1v) is 9.44. The quantitative estimate of drug-likeness (QED) is 0.710. The van der Waals surface area contributed by atoms with Gasteiger partial charge in [0.15, 0.2) is 0 Å². The average Bonchev–Trinajstić information content (AvgIpc) is 3.22. The van der Waals surface area contributed by atoms with Crippen LogP contribution >= 0.6 is 11.3 Å². The molecule has 0 bridgehead atoms. The first kappa shape index (κ1) is 18.8. The largest absolute Gasteiger partial charge is 0.387 e. The molecule has 3 rings (SSSR count). The van der Waals surface area contributed by atoms with E-state index in [-0.39, 0.29) is 18.1 Å². The molecule has 1 aromatic carbocycles. The lowest BCUT2D eigenvalue weighted by atomic mass is 10.1. The molecule has 2 heterocycles. The number of carbonyl (C=O) groups is 1. The Morgan fingerprint density at radius 1 is 1.26 bits per heavy atom. The predicted octanol–water partition coefficient (Wildman–Crippen LogP) is 3.70.